The lowest BCUT2D eigenvalue weighted by molar-refractivity contribution is -0.120. The minimum Gasteiger partial charge on any atom is -0.354 e. The van der Waals surface area contributed by atoms with Gasteiger partial charge < -0.3 is 10.2 Å². The zero-order valence-electron chi connectivity index (χ0n) is 17.2. The van der Waals surface area contributed by atoms with Crippen molar-refractivity contribution in [1.29, 1.82) is 0 Å². The number of likely N-dealkylation sites (N-methyl/N-ethyl adjacent to an activating group) is 1. The highest BCUT2D eigenvalue weighted by Gasteiger charge is 2.15. The van der Waals surface area contributed by atoms with Crippen LogP contribution in [0.2, 0.25) is 0 Å². The van der Waals surface area contributed by atoms with Gasteiger partial charge in [-0.15, -0.1) is 11.3 Å². The van der Waals surface area contributed by atoms with Crippen molar-refractivity contribution >= 4 is 28.3 Å². The molecule has 0 aliphatic rings. The third-order valence-electron chi connectivity index (χ3n) is 4.73. The molecule has 2 aromatic carbocycles. The van der Waals surface area contributed by atoms with Crippen LogP contribution in [-0.4, -0.2) is 48.4 Å². The number of aromatic nitrogens is 1. The Kier molecular flexibility index (Phi) is 7.70. The Hall–Kier alpha value is -3.03. The van der Waals surface area contributed by atoms with E-state index < -0.39 is 0 Å². The van der Waals surface area contributed by atoms with Gasteiger partial charge in [0.15, 0.2) is 5.13 Å². The Morgan fingerprint density at radius 3 is 2.37 bits per heavy atom. The van der Waals surface area contributed by atoms with Crippen LogP contribution in [0.15, 0.2) is 66.0 Å². The normalized spacial score (nSPS) is 11.8. The maximum Gasteiger partial charge on any atom is 0.257 e. The van der Waals surface area contributed by atoms with Gasteiger partial charge in [-0.3, -0.25) is 14.9 Å². The Morgan fingerprint density at radius 1 is 1.03 bits per heavy atom. The molecular weight excluding hydrogens is 396 g/mol. The first-order valence-corrected chi connectivity index (χ1v) is 10.7. The molecule has 2 amide bonds. The monoisotopic (exact) mass is 422 g/mol. The first-order chi connectivity index (χ1) is 14.5. The van der Waals surface area contributed by atoms with Crippen molar-refractivity contribution < 1.29 is 9.59 Å². The van der Waals surface area contributed by atoms with Crippen LogP contribution >= 0.6 is 11.3 Å². The molecule has 6 nitrogen and oxygen atoms in total. The molecule has 0 radical (unpaired) electrons. The summed E-state index contributed by atoms with van der Waals surface area (Å²) in [5.74, 6) is -0.295. The predicted molar refractivity (Wildman–Crippen MR) is 121 cm³/mol. The predicted octanol–water partition coefficient (Wildman–Crippen LogP) is 3.23. The lowest BCUT2D eigenvalue weighted by Crippen LogP contribution is -2.42. The SMILES string of the molecule is CN(C)C(CNC(=O)Cc1csc(NC(=O)c2ccccc2)n1)Cc1ccccc1. The van der Waals surface area contributed by atoms with Crippen LogP contribution in [0.1, 0.15) is 21.6 Å². The highest BCUT2D eigenvalue weighted by molar-refractivity contribution is 7.14. The molecule has 0 saturated carbocycles. The van der Waals surface area contributed by atoms with Gasteiger partial charge in [0.05, 0.1) is 12.1 Å². The number of amides is 2. The smallest absolute Gasteiger partial charge is 0.257 e. The molecule has 156 valence electrons. The molecule has 1 atom stereocenters. The second kappa shape index (κ2) is 10.7. The fourth-order valence-corrected chi connectivity index (χ4v) is 3.69. The summed E-state index contributed by atoms with van der Waals surface area (Å²) in [6.45, 7) is 0.558. The van der Waals surface area contributed by atoms with E-state index in [1.165, 1.54) is 16.9 Å². The standard InChI is InChI=1S/C23H26N4O2S/c1-27(2)20(13-17-9-5-3-6-10-17)15-24-21(28)14-19-16-30-23(25-19)26-22(29)18-11-7-4-8-12-18/h3-12,16,20H,13-15H2,1-2H3,(H,24,28)(H,25,26,29). The Morgan fingerprint density at radius 2 is 1.70 bits per heavy atom. The fraction of sp³-hybridized carbons (Fsp3) is 0.261. The van der Waals surface area contributed by atoms with Gasteiger partial charge >= 0.3 is 0 Å². The van der Waals surface area contributed by atoms with Crippen LogP contribution < -0.4 is 10.6 Å². The second-order valence-corrected chi connectivity index (χ2v) is 8.11. The first-order valence-electron chi connectivity index (χ1n) is 9.79. The molecule has 30 heavy (non-hydrogen) atoms. The molecule has 7 heteroatoms. The molecule has 0 fully saturated rings. The highest BCUT2D eigenvalue weighted by atomic mass is 32.1. The molecular formula is C23H26N4O2S. The average Bonchev–Trinajstić information content (AvgIpc) is 3.18. The lowest BCUT2D eigenvalue weighted by atomic mass is 10.1. The third kappa shape index (κ3) is 6.50. The van der Waals surface area contributed by atoms with Crippen LogP contribution in [0.25, 0.3) is 0 Å². The first kappa shape index (κ1) is 21.7. The summed E-state index contributed by atoms with van der Waals surface area (Å²) in [6, 6.07) is 19.4. The van der Waals surface area contributed by atoms with Crippen molar-refractivity contribution in [2.75, 3.05) is 26.0 Å². The van der Waals surface area contributed by atoms with Crippen LogP contribution in [-0.2, 0) is 17.6 Å². The van der Waals surface area contributed by atoms with E-state index in [2.05, 4.69) is 32.7 Å². The second-order valence-electron chi connectivity index (χ2n) is 7.25. The maximum absolute atomic E-state index is 12.4. The molecule has 2 N–H and O–H groups in total. The summed E-state index contributed by atoms with van der Waals surface area (Å²) in [5, 5.41) is 8.07. The van der Waals surface area contributed by atoms with E-state index in [4.69, 9.17) is 0 Å². The van der Waals surface area contributed by atoms with Gasteiger partial charge in [-0.1, -0.05) is 48.5 Å². The molecule has 3 rings (SSSR count). The van der Waals surface area contributed by atoms with E-state index in [1.54, 1.807) is 17.5 Å². The molecule has 1 heterocycles. The largest absolute Gasteiger partial charge is 0.354 e. The number of nitrogens with zero attached hydrogens (tertiary/aromatic N) is 2. The molecule has 0 aliphatic carbocycles. The van der Waals surface area contributed by atoms with E-state index in [0.717, 1.165) is 6.42 Å². The number of nitrogens with one attached hydrogen (secondary N) is 2. The van der Waals surface area contributed by atoms with Crippen molar-refractivity contribution in [2.24, 2.45) is 0 Å². The third-order valence-corrected chi connectivity index (χ3v) is 5.54. The molecule has 0 spiro atoms. The van der Waals surface area contributed by atoms with Crippen LogP contribution in [0.5, 0.6) is 0 Å². The van der Waals surface area contributed by atoms with E-state index in [9.17, 15) is 9.59 Å². The minimum absolute atomic E-state index is 0.0823. The van der Waals surface area contributed by atoms with Gasteiger partial charge in [0.25, 0.3) is 5.91 Å². The van der Waals surface area contributed by atoms with Crippen molar-refractivity contribution in [3.63, 3.8) is 0 Å². The topological polar surface area (TPSA) is 74.3 Å². The molecule has 3 aromatic rings. The molecule has 0 bridgehead atoms. The van der Waals surface area contributed by atoms with E-state index in [-0.39, 0.29) is 24.3 Å². The minimum atomic E-state index is -0.212. The van der Waals surface area contributed by atoms with Crippen molar-refractivity contribution in [3.8, 4) is 0 Å². The van der Waals surface area contributed by atoms with Gasteiger partial charge in [0.2, 0.25) is 5.91 Å². The van der Waals surface area contributed by atoms with Crippen LogP contribution in [0.3, 0.4) is 0 Å². The van der Waals surface area contributed by atoms with Gasteiger partial charge in [-0.25, -0.2) is 4.98 Å². The molecule has 0 aliphatic heterocycles. The van der Waals surface area contributed by atoms with Crippen molar-refractivity contribution in [1.82, 2.24) is 15.2 Å². The number of carbonyl (C=O) groups excluding carboxylic acids is 2. The van der Waals surface area contributed by atoms with Gasteiger partial charge in [0, 0.05) is 23.5 Å². The summed E-state index contributed by atoms with van der Waals surface area (Å²) >= 11 is 1.31. The summed E-state index contributed by atoms with van der Waals surface area (Å²) in [7, 11) is 4.03. The number of rotatable bonds is 9. The average molecular weight is 423 g/mol. The zero-order chi connectivity index (χ0) is 21.3. The fourth-order valence-electron chi connectivity index (χ4n) is 2.99. The number of thiazole rings is 1. The number of carbonyl (C=O) groups is 2. The Bertz CT molecular complexity index is 958. The number of benzene rings is 2. The summed E-state index contributed by atoms with van der Waals surface area (Å²) < 4.78 is 0. The number of anilines is 1. The summed E-state index contributed by atoms with van der Waals surface area (Å²) in [5.41, 5.74) is 2.45. The Labute approximate surface area is 181 Å². The molecule has 0 saturated heterocycles. The Balaban J connectivity index is 1.49. The van der Waals surface area contributed by atoms with Gasteiger partial charge in [-0.2, -0.15) is 0 Å². The van der Waals surface area contributed by atoms with Crippen LogP contribution in [0.4, 0.5) is 5.13 Å². The molecule has 1 unspecified atom stereocenters. The van der Waals surface area contributed by atoms with Gasteiger partial charge in [-0.05, 0) is 38.2 Å². The molecule has 1 aromatic heterocycles. The van der Waals surface area contributed by atoms with E-state index >= 15 is 0 Å². The number of hydrogen-bond donors (Lipinski definition) is 2. The quantitative estimate of drug-likeness (QED) is 0.555. The van der Waals surface area contributed by atoms with Crippen LogP contribution in [0, 0.1) is 0 Å². The van der Waals surface area contributed by atoms with Crippen molar-refractivity contribution in [3.05, 3.63) is 82.9 Å². The van der Waals surface area contributed by atoms with E-state index in [0.29, 0.717) is 22.9 Å². The summed E-state index contributed by atoms with van der Waals surface area (Å²) in [6.07, 6.45) is 1.05. The summed E-state index contributed by atoms with van der Waals surface area (Å²) in [4.78, 5) is 31.1. The van der Waals surface area contributed by atoms with Gasteiger partial charge in [0.1, 0.15) is 0 Å². The lowest BCUT2D eigenvalue weighted by Gasteiger charge is -2.24. The van der Waals surface area contributed by atoms with E-state index in [1.807, 2.05) is 50.5 Å². The maximum atomic E-state index is 12.4. The zero-order valence-corrected chi connectivity index (χ0v) is 18.0. The highest BCUT2D eigenvalue weighted by Crippen LogP contribution is 2.17. The number of hydrogen-bond acceptors (Lipinski definition) is 5. The van der Waals surface area contributed by atoms with Crippen molar-refractivity contribution in [2.45, 2.75) is 18.9 Å².